The van der Waals surface area contributed by atoms with E-state index in [1.54, 1.807) is 0 Å². The summed E-state index contributed by atoms with van der Waals surface area (Å²) < 4.78 is 6.33. The summed E-state index contributed by atoms with van der Waals surface area (Å²) in [6, 6.07) is 0. The molecule has 4 heteroatoms. The molecule has 0 rings (SSSR count). The van der Waals surface area contributed by atoms with Crippen molar-refractivity contribution in [3.05, 3.63) is 0 Å². The van der Waals surface area contributed by atoms with Crippen molar-refractivity contribution in [2.24, 2.45) is 11.8 Å². The topological polar surface area (TPSA) is 43.4 Å². The normalized spacial score (nSPS) is 17.7. The van der Waals surface area contributed by atoms with E-state index in [0.717, 1.165) is 6.29 Å². The molecule has 0 radical (unpaired) electrons. The molecule has 0 N–H and O–H groups in total. The van der Waals surface area contributed by atoms with Crippen LogP contribution >= 0.6 is 0 Å². The molecule has 0 saturated carbocycles. The zero-order valence-electron chi connectivity index (χ0n) is 13.7. The first kappa shape index (κ1) is 18.5. The summed E-state index contributed by atoms with van der Waals surface area (Å²) in [7, 11) is -1.98. The molecule has 3 atom stereocenters. The minimum atomic E-state index is -1.98. The van der Waals surface area contributed by atoms with E-state index >= 15 is 0 Å². The maximum absolute atomic E-state index is 11.9. The zero-order valence-corrected chi connectivity index (χ0v) is 14.7. The molecule has 112 valence electrons. The molecule has 0 fully saturated rings. The Balaban J connectivity index is 5.19. The maximum Gasteiger partial charge on any atom is 0.192 e. The Labute approximate surface area is 119 Å². The van der Waals surface area contributed by atoms with Gasteiger partial charge in [0.25, 0.3) is 0 Å². The van der Waals surface area contributed by atoms with Crippen LogP contribution in [0.3, 0.4) is 0 Å². The van der Waals surface area contributed by atoms with E-state index in [4.69, 9.17) is 4.43 Å². The summed E-state index contributed by atoms with van der Waals surface area (Å²) in [6.45, 7) is 16.4. The largest absolute Gasteiger partial charge is 0.413 e. The van der Waals surface area contributed by atoms with E-state index in [1.807, 2.05) is 20.8 Å². The van der Waals surface area contributed by atoms with Crippen molar-refractivity contribution >= 4 is 20.4 Å². The third-order valence-corrected chi connectivity index (χ3v) is 8.79. The first-order chi connectivity index (χ1) is 8.47. The number of rotatable bonds is 7. The Morgan fingerprint density at radius 3 is 2.05 bits per heavy atom. The highest BCUT2D eigenvalue weighted by Crippen LogP contribution is 2.39. The Morgan fingerprint density at radius 2 is 1.74 bits per heavy atom. The van der Waals surface area contributed by atoms with Crippen molar-refractivity contribution in [3.63, 3.8) is 0 Å². The average Bonchev–Trinajstić information content (AvgIpc) is 2.31. The Bertz CT molecular complexity index is 318. The molecule has 0 aliphatic carbocycles. The van der Waals surface area contributed by atoms with Crippen molar-refractivity contribution in [2.45, 2.75) is 72.2 Å². The number of hydrogen-bond donors (Lipinski definition) is 0. The van der Waals surface area contributed by atoms with Crippen LogP contribution in [-0.4, -0.2) is 26.5 Å². The summed E-state index contributed by atoms with van der Waals surface area (Å²) in [4.78, 5) is 23.0. The third-order valence-electron chi connectivity index (χ3n) is 4.32. The molecule has 0 aromatic carbocycles. The van der Waals surface area contributed by atoms with Crippen molar-refractivity contribution < 1.29 is 14.0 Å². The highest BCUT2D eigenvalue weighted by Gasteiger charge is 2.42. The van der Waals surface area contributed by atoms with E-state index in [9.17, 15) is 9.59 Å². The van der Waals surface area contributed by atoms with Crippen LogP contribution in [0.1, 0.15) is 48.0 Å². The fourth-order valence-electron chi connectivity index (χ4n) is 1.76. The van der Waals surface area contributed by atoms with Crippen LogP contribution in [0, 0.1) is 11.8 Å². The van der Waals surface area contributed by atoms with Gasteiger partial charge in [0, 0.05) is 18.3 Å². The predicted octanol–water partition coefficient (Wildman–Crippen LogP) is 3.83. The molecule has 0 spiro atoms. The quantitative estimate of drug-likeness (QED) is 0.528. The van der Waals surface area contributed by atoms with Crippen LogP contribution in [0.5, 0.6) is 0 Å². The van der Waals surface area contributed by atoms with Gasteiger partial charge in [0.05, 0.1) is 6.10 Å². The summed E-state index contributed by atoms with van der Waals surface area (Å²) in [5.74, 6) is -0.309. The Morgan fingerprint density at radius 1 is 1.26 bits per heavy atom. The van der Waals surface area contributed by atoms with Gasteiger partial charge in [-0.25, -0.2) is 0 Å². The van der Waals surface area contributed by atoms with E-state index in [1.165, 1.54) is 0 Å². The molecular weight excluding hydrogens is 256 g/mol. The minimum Gasteiger partial charge on any atom is -0.413 e. The highest BCUT2D eigenvalue weighted by molar-refractivity contribution is 6.74. The second-order valence-corrected chi connectivity index (χ2v) is 11.7. The zero-order chi connectivity index (χ0) is 15.4. The first-order valence-corrected chi connectivity index (χ1v) is 10.0. The van der Waals surface area contributed by atoms with Crippen molar-refractivity contribution in [1.82, 2.24) is 0 Å². The lowest BCUT2D eigenvalue weighted by molar-refractivity contribution is -0.127. The fourth-order valence-corrected chi connectivity index (χ4v) is 3.22. The number of hydrogen-bond acceptors (Lipinski definition) is 3. The highest BCUT2D eigenvalue weighted by atomic mass is 28.4. The Kier molecular flexibility index (Phi) is 6.62. The van der Waals surface area contributed by atoms with Gasteiger partial charge < -0.3 is 9.22 Å². The summed E-state index contributed by atoms with van der Waals surface area (Å²) >= 11 is 0. The van der Waals surface area contributed by atoms with Gasteiger partial charge in [-0.1, -0.05) is 41.5 Å². The molecule has 0 heterocycles. The SMILES string of the molecule is CCC(=O)[C@@H](C)[C@H](O[Si](C)(C)C(C)(C)C)[C@@H](C)C=O. The summed E-state index contributed by atoms with van der Waals surface area (Å²) in [6.07, 6.45) is 1.09. The molecule has 0 aliphatic rings. The second-order valence-electron chi connectivity index (χ2n) is 6.95. The third kappa shape index (κ3) is 4.84. The number of carbonyl (C=O) groups is 2. The molecule has 0 saturated heterocycles. The first-order valence-electron chi connectivity index (χ1n) is 7.13. The number of ketones is 1. The lowest BCUT2D eigenvalue weighted by Gasteiger charge is -2.41. The average molecular weight is 286 g/mol. The fraction of sp³-hybridized carbons (Fsp3) is 0.867. The van der Waals surface area contributed by atoms with Gasteiger partial charge in [0.15, 0.2) is 8.32 Å². The standard InChI is InChI=1S/C15H30O3Si/c1-9-13(17)12(3)14(11(2)10-16)18-19(7,8)15(4,5)6/h10-12,14H,9H2,1-8H3/t11-,12+,14+/m0/s1. The molecule has 0 aliphatic heterocycles. The number of aldehydes is 1. The van der Waals surface area contributed by atoms with E-state index in [0.29, 0.717) is 6.42 Å². The van der Waals surface area contributed by atoms with E-state index < -0.39 is 8.32 Å². The molecule has 0 amide bonds. The van der Waals surface area contributed by atoms with Gasteiger partial charge in [-0.05, 0) is 18.1 Å². The lowest BCUT2D eigenvalue weighted by atomic mass is 9.90. The second kappa shape index (κ2) is 6.80. The number of carbonyl (C=O) groups excluding carboxylic acids is 2. The maximum atomic E-state index is 11.9. The Hall–Kier alpha value is -0.483. The van der Waals surface area contributed by atoms with E-state index in [-0.39, 0.29) is 28.8 Å². The molecule has 0 bridgehead atoms. The van der Waals surface area contributed by atoms with Gasteiger partial charge in [0.1, 0.15) is 12.1 Å². The monoisotopic (exact) mass is 286 g/mol. The predicted molar refractivity (Wildman–Crippen MR) is 81.8 cm³/mol. The van der Waals surface area contributed by atoms with Crippen LogP contribution in [0.2, 0.25) is 18.1 Å². The van der Waals surface area contributed by atoms with Crippen LogP contribution < -0.4 is 0 Å². The lowest BCUT2D eigenvalue weighted by Crippen LogP contribution is -2.48. The van der Waals surface area contributed by atoms with Crippen molar-refractivity contribution in [2.75, 3.05) is 0 Å². The summed E-state index contributed by atoms with van der Waals surface area (Å²) in [5, 5.41) is 0.0723. The minimum absolute atomic E-state index is 0.0723. The molecule has 3 nitrogen and oxygen atoms in total. The van der Waals surface area contributed by atoms with Gasteiger partial charge in [-0.3, -0.25) is 4.79 Å². The van der Waals surface area contributed by atoms with Gasteiger partial charge in [0.2, 0.25) is 0 Å². The molecule has 0 aromatic heterocycles. The molecular formula is C15H30O3Si. The summed E-state index contributed by atoms with van der Waals surface area (Å²) in [5.41, 5.74) is 0. The van der Waals surface area contributed by atoms with E-state index in [2.05, 4.69) is 33.9 Å². The molecule has 19 heavy (non-hydrogen) atoms. The smallest absolute Gasteiger partial charge is 0.192 e. The molecule has 0 aromatic rings. The van der Waals surface area contributed by atoms with Crippen LogP contribution in [0.15, 0.2) is 0 Å². The van der Waals surface area contributed by atoms with Gasteiger partial charge in [-0.15, -0.1) is 0 Å². The van der Waals surface area contributed by atoms with Gasteiger partial charge in [-0.2, -0.15) is 0 Å². The van der Waals surface area contributed by atoms with Crippen LogP contribution in [0.4, 0.5) is 0 Å². The molecule has 0 unspecified atom stereocenters. The van der Waals surface area contributed by atoms with Crippen molar-refractivity contribution in [1.29, 1.82) is 0 Å². The van der Waals surface area contributed by atoms with Crippen LogP contribution in [0.25, 0.3) is 0 Å². The van der Waals surface area contributed by atoms with Crippen molar-refractivity contribution in [3.8, 4) is 0 Å². The van der Waals surface area contributed by atoms with Crippen LogP contribution in [-0.2, 0) is 14.0 Å². The van der Waals surface area contributed by atoms with Gasteiger partial charge >= 0.3 is 0 Å². The number of Topliss-reactive ketones (excluding diaryl/α,β-unsaturated/α-hetero) is 1.